The Morgan fingerprint density at radius 3 is 2.72 bits per heavy atom. The first-order valence-corrected chi connectivity index (χ1v) is 5.92. The SMILES string of the molecule is CN1Cc2ccc(C(C)(C)CC(=O)O)cc2C1=O. The maximum Gasteiger partial charge on any atom is 0.304 e. The van der Waals surface area contributed by atoms with Crippen molar-refractivity contribution in [1.82, 2.24) is 4.90 Å². The molecule has 1 aliphatic heterocycles. The third-order valence-corrected chi connectivity index (χ3v) is 3.47. The maximum absolute atomic E-state index is 11.9. The van der Waals surface area contributed by atoms with Crippen LogP contribution < -0.4 is 0 Å². The van der Waals surface area contributed by atoms with Crippen LogP contribution in [0.2, 0.25) is 0 Å². The minimum absolute atomic E-state index is 0.0120. The van der Waals surface area contributed by atoms with Gasteiger partial charge in [-0.25, -0.2) is 0 Å². The lowest BCUT2D eigenvalue weighted by atomic mass is 9.80. The summed E-state index contributed by atoms with van der Waals surface area (Å²) >= 11 is 0. The van der Waals surface area contributed by atoms with Crippen molar-refractivity contribution in [2.24, 2.45) is 0 Å². The Morgan fingerprint density at radius 1 is 1.44 bits per heavy atom. The highest BCUT2D eigenvalue weighted by molar-refractivity contribution is 5.98. The number of aliphatic carboxylic acids is 1. The summed E-state index contributed by atoms with van der Waals surface area (Å²) in [6.07, 6.45) is 0.0514. The van der Waals surface area contributed by atoms with Crippen LogP contribution in [0.3, 0.4) is 0 Å². The van der Waals surface area contributed by atoms with Gasteiger partial charge in [0.15, 0.2) is 0 Å². The summed E-state index contributed by atoms with van der Waals surface area (Å²) in [7, 11) is 1.77. The fraction of sp³-hybridized carbons (Fsp3) is 0.429. The molecule has 0 aliphatic carbocycles. The molecule has 1 heterocycles. The second-order valence-corrected chi connectivity index (χ2v) is 5.49. The summed E-state index contributed by atoms with van der Waals surface area (Å²) in [4.78, 5) is 24.4. The molecule has 0 spiro atoms. The molecule has 0 atom stereocenters. The highest BCUT2D eigenvalue weighted by Gasteiger charge is 2.29. The van der Waals surface area contributed by atoms with Gasteiger partial charge in [0.1, 0.15) is 0 Å². The van der Waals surface area contributed by atoms with Crippen molar-refractivity contribution >= 4 is 11.9 Å². The van der Waals surface area contributed by atoms with E-state index in [1.807, 2.05) is 32.0 Å². The van der Waals surface area contributed by atoms with Gasteiger partial charge in [0.05, 0.1) is 6.42 Å². The predicted octanol–water partition coefficient (Wildman–Crippen LogP) is 2.02. The standard InChI is InChI=1S/C14H17NO3/c1-14(2,7-12(16)17)10-5-4-9-8-15(3)13(18)11(9)6-10/h4-6H,7-8H2,1-3H3,(H,16,17). The summed E-state index contributed by atoms with van der Waals surface area (Å²) in [5, 5.41) is 8.92. The van der Waals surface area contributed by atoms with Crippen molar-refractivity contribution < 1.29 is 14.7 Å². The van der Waals surface area contributed by atoms with Crippen molar-refractivity contribution in [3.63, 3.8) is 0 Å². The third-order valence-electron chi connectivity index (χ3n) is 3.47. The van der Waals surface area contributed by atoms with Crippen LogP contribution in [0.25, 0.3) is 0 Å². The first-order valence-electron chi connectivity index (χ1n) is 5.92. The van der Waals surface area contributed by atoms with Gasteiger partial charge in [-0.2, -0.15) is 0 Å². The number of hydrogen-bond donors (Lipinski definition) is 1. The largest absolute Gasteiger partial charge is 0.481 e. The summed E-state index contributed by atoms with van der Waals surface area (Å²) in [5.74, 6) is -0.818. The summed E-state index contributed by atoms with van der Waals surface area (Å²) in [5.41, 5.74) is 2.14. The van der Waals surface area contributed by atoms with Crippen molar-refractivity contribution in [2.45, 2.75) is 32.2 Å². The van der Waals surface area contributed by atoms with E-state index in [1.165, 1.54) is 0 Å². The Hall–Kier alpha value is -1.84. The van der Waals surface area contributed by atoms with E-state index >= 15 is 0 Å². The van der Waals surface area contributed by atoms with Crippen LogP contribution in [0.15, 0.2) is 18.2 Å². The zero-order chi connectivity index (χ0) is 13.5. The Balaban J connectivity index is 2.38. The van der Waals surface area contributed by atoms with E-state index < -0.39 is 11.4 Å². The summed E-state index contributed by atoms with van der Waals surface area (Å²) in [6, 6.07) is 5.69. The molecular weight excluding hydrogens is 230 g/mol. The van der Waals surface area contributed by atoms with Gasteiger partial charge in [-0.15, -0.1) is 0 Å². The normalized spacial score (nSPS) is 14.8. The van der Waals surface area contributed by atoms with E-state index in [1.54, 1.807) is 11.9 Å². The van der Waals surface area contributed by atoms with Crippen LogP contribution in [-0.2, 0) is 16.8 Å². The molecule has 1 aromatic rings. The van der Waals surface area contributed by atoms with E-state index in [0.717, 1.165) is 11.1 Å². The Bertz CT molecular complexity index is 520. The molecule has 1 aliphatic rings. The number of carboxylic acids is 1. The van der Waals surface area contributed by atoms with E-state index in [2.05, 4.69) is 0 Å². The molecule has 0 unspecified atom stereocenters. The number of rotatable bonds is 3. The summed E-state index contributed by atoms with van der Waals surface area (Å²) < 4.78 is 0. The quantitative estimate of drug-likeness (QED) is 0.889. The van der Waals surface area contributed by atoms with Gasteiger partial charge in [0.2, 0.25) is 0 Å². The Labute approximate surface area is 106 Å². The van der Waals surface area contributed by atoms with Crippen LogP contribution in [-0.4, -0.2) is 28.9 Å². The van der Waals surface area contributed by atoms with Crippen molar-refractivity contribution in [3.8, 4) is 0 Å². The molecule has 0 radical (unpaired) electrons. The molecule has 0 fully saturated rings. The molecule has 96 valence electrons. The van der Waals surface area contributed by atoms with Gasteiger partial charge >= 0.3 is 5.97 Å². The monoisotopic (exact) mass is 247 g/mol. The van der Waals surface area contributed by atoms with Crippen LogP contribution in [0.4, 0.5) is 0 Å². The second-order valence-electron chi connectivity index (χ2n) is 5.49. The average Bonchev–Trinajstić information content (AvgIpc) is 2.53. The van der Waals surface area contributed by atoms with Gasteiger partial charge in [0, 0.05) is 24.6 Å². The van der Waals surface area contributed by atoms with E-state index in [-0.39, 0.29) is 12.3 Å². The molecular formula is C14H17NO3. The minimum atomic E-state index is -0.830. The first kappa shape index (κ1) is 12.6. The molecule has 4 nitrogen and oxygen atoms in total. The molecule has 2 rings (SSSR count). The van der Waals surface area contributed by atoms with Crippen LogP contribution >= 0.6 is 0 Å². The number of hydrogen-bond acceptors (Lipinski definition) is 2. The number of benzene rings is 1. The van der Waals surface area contributed by atoms with Gasteiger partial charge < -0.3 is 10.0 Å². The second kappa shape index (κ2) is 4.12. The predicted molar refractivity (Wildman–Crippen MR) is 67.5 cm³/mol. The molecule has 0 saturated heterocycles. The number of carbonyl (C=O) groups excluding carboxylic acids is 1. The molecule has 0 aromatic heterocycles. The molecule has 0 bridgehead atoms. The number of fused-ring (bicyclic) bond motifs is 1. The average molecular weight is 247 g/mol. The molecule has 1 N–H and O–H groups in total. The van der Waals surface area contributed by atoms with Crippen LogP contribution in [0, 0.1) is 0 Å². The van der Waals surface area contributed by atoms with Crippen molar-refractivity contribution in [1.29, 1.82) is 0 Å². The molecule has 18 heavy (non-hydrogen) atoms. The van der Waals surface area contributed by atoms with Gasteiger partial charge in [-0.1, -0.05) is 26.0 Å². The third kappa shape index (κ3) is 2.10. The fourth-order valence-corrected chi connectivity index (χ4v) is 2.35. The summed E-state index contributed by atoms with van der Waals surface area (Å²) in [6.45, 7) is 4.39. The lowest BCUT2D eigenvalue weighted by Gasteiger charge is -2.23. The number of carboxylic acid groups (broad SMARTS) is 1. The topological polar surface area (TPSA) is 57.6 Å². The molecule has 1 amide bonds. The van der Waals surface area contributed by atoms with E-state index in [0.29, 0.717) is 12.1 Å². The van der Waals surface area contributed by atoms with Gasteiger partial charge in [-0.3, -0.25) is 9.59 Å². The van der Waals surface area contributed by atoms with Gasteiger partial charge in [-0.05, 0) is 17.2 Å². The smallest absolute Gasteiger partial charge is 0.304 e. The Kier molecular flexibility index (Phi) is 2.89. The highest BCUT2D eigenvalue weighted by atomic mass is 16.4. The Morgan fingerprint density at radius 2 is 2.11 bits per heavy atom. The zero-order valence-electron chi connectivity index (χ0n) is 10.9. The molecule has 0 saturated carbocycles. The number of amides is 1. The van der Waals surface area contributed by atoms with Crippen LogP contribution in [0.5, 0.6) is 0 Å². The fourth-order valence-electron chi connectivity index (χ4n) is 2.35. The number of nitrogens with zero attached hydrogens (tertiary/aromatic N) is 1. The first-order chi connectivity index (χ1) is 8.31. The van der Waals surface area contributed by atoms with Gasteiger partial charge in [0.25, 0.3) is 5.91 Å². The molecule has 4 heteroatoms. The molecule has 1 aromatic carbocycles. The van der Waals surface area contributed by atoms with E-state index in [9.17, 15) is 9.59 Å². The highest BCUT2D eigenvalue weighted by Crippen LogP contribution is 2.31. The van der Waals surface area contributed by atoms with Crippen molar-refractivity contribution in [3.05, 3.63) is 34.9 Å². The lowest BCUT2D eigenvalue weighted by Crippen LogP contribution is -2.22. The van der Waals surface area contributed by atoms with E-state index in [4.69, 9.17) is 5.11 Å². The number of carbonyl (C=O) groups is 2. The minimum Gasteiger partial charge on any atom is -0.481 e. The van der Waals surface area contributed by atoms with Crippen molar-refractivity contribution in [2.75, 3.05) is 7.05 Å². The maximum atomic E-state index is 11.9. The lowest BCUT2D eigenvalue weighted by molar-refractivity contribution is -0.138. The zero-order valence-corrected chi connectivity index (χ0v) is 10.9. The van der Waals surface area contributed by atoms with Crippen LogP contribution in [0.1, 0.15) is 41.8 Å².